The van der Waals surface area contributed by atoms with Gasteiger partial charge in [-0.05, 0) is 0 Å². The second-order valence-electron chi connectivity index (χ2n) is 0. The van der Waals surface area contributed by atoms with Crippen LogP contribution in [0.5, 0.6) is 0 Å². The zero-order chi connectivity index (χ0) is 0. The van der Waals surface area contributed by atoms with Gasteiger partial charge in [-0.1, -0.05) is 0 Å². The van der Waals surface area contributed by atoms with Gasteiger partial charge in [0.05, 0.1) is 0 Å². The largest absolute Gasteiger partial charge is 3.00 e. The Morgan fingerprint density at radius 1 is 0.375 bits per heavy atom. The maximum absolute atomic E-state index is 0. The molecule has 0 fully saturated rings. The van der Waals surface area contributed by atoms with Gasteiger partial charge < -0.3 is 28.2 Å². The molecule has 8 heteroatoms. The molecular formula is F6GdY. The molecule has 0 aromatic carbocycles. The second-order valence-corrected chi connectivity index (χ2v) is 0. The Hall–Kier alpha value is 2.01. The first-order valence-corrected chi connectivity index (χ1v) is 0. The van der Waals surface area contributed by atoms with E-state index in [1.807, 2.05) is 0 Å². The molecule has 0 atom stereocenters. The van der Waals surface area contributed by atoms with E-state index in [1.54, 1.807) is 0 Å². The predicted octanol–water partition coefficient (Wildman–Crippen LogP) is -18.0. The quantitative estimate of drug-likeness (QED) is 0.377. The van der Waals surface area contributed by atoms with Crippen molar-refractivity contribution in [1.82, 2.24) is 0 Å². The van der Waals surface area contributed by atoms with E-state index in [-0.39, 0.29) is 101 Å². The van der Waals surface area contributed by atoms with Gasteiger partial charge in [0.15, 0.2) is 0 Å². The van der Waals surface area contributed by atoms with Crippen LogP contribution in [-0.2, 0) is 32.7 Å². The first-order chi connectivity index (χ1) is 0. The molecule has 0 rings (SSSR count). The van der Waals surface area contributed by atoms with Crippen molar-refractivity contribution in [3.8, 4) is 0 Å². The molecular weight excluding hydrogens is 360 g/mol. The van der Waals surface area contributed by atoms with Crippen molar-refractivity contribution in [2.75, 3.05) is 0 Å². The normalized spacial score (nSPS) is 0. The standard InChI is InChI=1S/6FH.Gd.Y/h6*1H;;/q;;;;;;2*+3/p-6. The first-order valence-electron chi connectivity index (χ1n) is 0. The molecule has 53 valence electrons. The Labute approximate surface area is 99.3 Å². The van der Waals surface area contributed by atoms with Crippen molar-refractivity contribution < 1.29 is 101 Å². The number of halogens is 6. The van der Waals surface area contributed by atoms with Crippen molar-refractivity contribution in [2.24, 2.45) is 0 Å². The predicted molar refractivity (Wildman–Crippen MR) is 0 cm³/mol. The van der Waals surface area contributed by atoms with Crippen LogP contribution in [0, 0.1) is 39.9 Å². The van der Waals surface area contributed by atoms with Crippen LogP contribution in [-0.4, -0.2) is 0 Å². The fourth-order valence-electron chi connectivity index (χ4n) is 0. The molecule has 0 bridgehead atoms. The third kappa shape index (κ3) is 97.5. The van der Waals surface area contributed by atoms with Gasteiger partial charge in [-0.25, -0.2) is 0 Å². The molecule has 0 aliphatic rings. The number of rotatable bonds is 0. The summed E-state index contributed by atoms with van der Waals surface area (Å²) in [7, 11) is 0. The first kappa shape index (κ1) is 201. The third-order valence-electron chi connectivity index (χ3n) is 0. The fourth-order valence-corrected chi connectivity index (χ4v) is 0. The van der Waals surface area contributed by atoms with Crippen LogP contribution in [0.1, 0.15) is 0 Å². The van der Waals surface area contributed by atoms with Gasteiger partial charge >= 0.3 is 72.6 Å². The van der Waals surface area contributed by atoms with Crippen molar-refractivity contribution in [1.29, 1.82) is 0 Å². The van der Waals surface area contributed by atoms with Crippen LogP contribution in [0.2, 0.25) is 0 Å². The van der Waals surface area contributed by atoms with E-state index < -0.39 is 0 Å². The molecule has 0 aliphatic heterocycles. The summed E-state index contributed by atoms with van der Waals surface area (Å²) in [5.74, 6) is 0. The monoisotopic (exact) mass is 361 g/mol. The van der Waals surface area contributed by atoms with Crippen LogP contribution < -0.4 is 28.2 Å². The van der Waals surface area contributed by atoms with E-state index in [0.717, 1.165) is 0 Å². The van der Waals surface area contributed by atoms with Crippen molar-refractivity contribution in [2.45, 2.75) is 0 Å². The Balaban J connectivity index is 0. The van der Waals surface area contributed by atoms with Gasteiger partial charge in [-0.3, -0.25) is 0 Å². The van der Waals surface area contributed by atoms with Crippen LogP contribution >= 0.6 is 0 Å². The van der Waals surface area contributed by atoms with Gasteiger partial charge in [0.1, 0.15) is 0 Å². The maximum Gasteiger partial charge on any atom is 3.00 e. The summed E-state index contributed by atoms with van der Waals surface area (Å²) >= 11 is 0. The van der Waals surface area contributed by atoms with E-state index in [4.69, 9.17) is 0 Å². The van der Waals surface area contributed by atoms with Crippen LogP contribution in [0.3, 0.4) is 0 Å². The molecule has 0 heterocycles. The molecule has 0 saturated heterocycles. The van der Waals surface area contributed by atoms with E-state index in [1.165, 1.54) is 0 Å². The molecule has 0 aromatic heterocycles. The summed E-state index contributed by atoms with van der Waals surface area (Å²) in [4.78, 5) is 0. The van der Waals surface area contributed by atoms with Gasteiger partial charge in [0.25, 0.3) is 0 Å². The SMILES string of the molecule is [F-].[F-].[F-].[F-].[F-].[F-].[Gd+3].[Y+3]. The van der Waals surface area contributed by atoms with Crippen LogP contribution in [0.15, 0.2) is 0 Å². The smallest absolute Gasteiger partial charge is 1.00 e. The van der Waals surface area contributed by atoms with Gasteiger partial charge in [0, 0.05) is 0 Å². The molecule has 0 spiro atoms. The summed E-state index contributed by atoms with van der Waals surface area (Å²) in [6, 6.07) is 0. The van der Waals surface area contributed by atoms with Gasteiger partial charge in [-0.15, -0.1) is 0 Å². The molecule has 0 amide bonds. The Morgan fingerprint density at radius 2 is 0.375 bits per heavy atom. The van der Waals surface area contributed by atoms with E-state index in [9.17, 15) is 0 Å². The molecule has 1 radical (unpaired) electrons. The van der Waals surface area contributed by atoms with Crippen LogP contribution in [0.4, 0.5) is 0 Å². The zero-order valence-corrected chi connectivity index (χ0v) is 8.31. The molecule has 0 N–H and O–H groups in total. The maximum atomic E-state index is 0. The summed E-state index contributed by atoms with van der Waals surface area (Å²) in [6.07, 6.45) is 0. The molecule has 0 nitrogen and oxygen atoms in total. The third-order valence-corrected chi connectivity index (χ3v) is 0. The Morgan fingerprint density at radius 3 is 0.375 bits per heavy atom. The minimum Gasteiger partial charge on any atom is -1.00 e. The second kappa shape index (κ2) is 143. The minimum atomic E-state index is 0. The summed E-state index contributed by atoms with van der Waals surface area (Å²) in [6.45, 7) is 0. The average Bonchev–Trinajstić information content (AvgIpc) is 0. The topological polar surface area (TPSA) is 0 Å². The van der Waals surface area contributed by atoms with E-state index in [2.05, 4.69) is 0 Å². The van der Waals surface area contributed by atoms with Gasteiger partial charge in [0.2, 0.25) is 0 Å². The molecule has 0 aliphatic carbocycles. The zero-order valence-electron chi connectivity index (χ0n) is 3.20. The average molecular weight is 360 g/mol. The van der Waals surface area contributed by atoms with Crippen molar-refractivity contribution in [3.05, 3.63) is 0 Å². The van der Waals surface area contributed by atoms with Crippen LogP contribution in [0.25, 0.3) is 0 Å². The Kier molecular flexibility index (Phi) is 3600. The minimum absolute atomic E-state index is 0. The number of hydrogen-bond donors (Lipinski definition) is 0. The van der Waals surface area contributed by atoms with Crippen molar-refractivity contribution >= 4 is 0 Å². The van der Waals surface area contributed by atoms with E-state index in [0.29, 0.717) is 0 Å². The molecule has 0 unspecified atom stereocenters. The molecule has 8 heavy (non-hydrogen) atoms. The summed E-state index contributed by atoms with van der Waals surface area (Å²) in [5, 5.41) is 0. The van der Waals surface area contributed by atoms with Gasteiger partial charge in [-0.2, -0.15) is 0 Å². The fraction of sp³-hybridized carbons (Fsp3) is 0. The summed E-state index contributed by atoms with van der Waals surface area (Å²) in [5.41, 5.74) is 0. The summed E-state index contributed by atoms with van der Waals surface area (Å²) < 4.78 is 0. The van der Waals surface area contributed by atoms with Crippen molar-refractivity contribution in [3.63, 3.8) is 0 Å². The number of hydrogen-bond acceptors (Lipinski definition) is 0. The van der Waals surface area contributed by atoms with E-state index >= 15 is 0 Å². The molecule has 0 saturated carbocycles. The molecule has 0 aromatic rings. The Bertz CT molecular complexity index is 8.49.